The molecule has 6 nitrogen and oxygen atoms in total. The number of thiophene rings is 1. The number of sulfonamides is 1. The molecule has 1 saturated heterocycles. The quantitative estimate of drug-likeness (QED) is 0.865. The monoisotopic (exact) mass is 305 g/mol. The largest absolute Gasteiger partial charge is 0.477 e. The smallest absolute Gasteiger partial charge is 0.346 e. The van der Waals surface area contributed by atoms with Crippen LogP contribution in [-0.4, -0.2) is 48.1 Å². The minimum Gasteiger partial charge on any atom is -0.477 e. The molecule has 19 heavy (non-hydrogen) atoms. The molecule has 1 aromatic rings. The molecule has 0 spiro atoms. The first-order chi connectivity index (χ1) is 8.82. The lowest BCUT2D eigenvalue weighted by atomic mass is 10.1. The second kappa shape index (κ2) is 5.20. The first-order valence-electron chi connectivity index (χ1n) is 5.84. The van der Waals surface area contributed by atoms with Crippen LogP contribution in [0.25, 0.3) is 0 Å². The van der Waals surface area contributed by atoms with Crippen LogP contribution in [0.1, 0.15) is 28.1 Å². The minimum atomic E-state index is -3.64. The van der Waals surface area contributed by atoms with Crippen molar-refractivity contribution in [3.63, 3.8) is 0 Å². The average molecular weight is 305 g/mol. The molecule has 0 atom stereocenters. The zero-order valence-electron chi connectivity index (χ0n) is 10.4. The molecule has 2 N–H and O–H groups in total. The van der Waals surface area contributed by atoms with Crippen molar-refractivity contribution in [1.82, 2.24) is 4.31 Å². The van der Waals surface area contributed by atoms with Gasteiger partial charge in [0.2, 0.25) is 0 Å². The van der Waals surface area contributed by atoms with E-state index in [4.69, 9.17) is 5.11 Å². The molecular weight excluding hydrogens is 290 g/mol. The number of nitrogens with zero attached hydrogens (tertiary/aromatic N) is 1. The zero-order chi connectivity index (χ0) is 14.2. The lowest BCUT2D eigenvalue weighted by Gasteiger charge is -2.28. The van der Waals surface area contributed by atoms with Gasteiger partial charge in [-0.25, -0.2) is 13.2 Å². The van der Waals surface area contributed by atoms with E-state index in [2.05, 4.69) is 0 Å². The number of aliphatic hydroxyl groups excluding tert-OH is 1. The van der Waals surface area contributed by atoms with Crippen LogP contribution in [0.5, 0.6) is 0 Å². The number of hydrogen-bond donors (Lipinski definition) is 2. The lowest BCUT2D eigenvalue weighted by Crippen LogP contribution is -2.39. The molecule has 0 aromatic carbocycles. The summed E-state index contributed by atoms with van der Waals surface area (Å²) in [6, 6.07) is 1.40. The second-order valence-electron chi connectivity index (χ2n) is 4.52. The number of carbonyl (C=O) groups is 1. The molecule has 0 unspecified atom stereocenters. The third-order valence-corrected chi connectivity index (χ3v) is 6.68. The van der Waals surface area contributed by atoms with Gasteiger partial charge in [-0.1, -0.05) is 0 Å². The summed E-state index contributed by atoms with van der Waals surface area (Å²) >= 11 is 0.777. The molecule has 8 heteroatoms. The summed E-state index contributed by atoms with van der Waals surface area (Å²) in [5.41, 5.74) is 0.452. The van der Waals surface area contributed by atoms with E-state index in [-0.39, 0.29) is 22.2 Å². The number of aliphatic hydroxyl groups is 1. The molecule has 1 aliphatic rings. The maximum Gasteiger partial charge on any atom is 0.346 e. The van der Waals surface area contributed by atoms with Crippen molar-refractivity contribution in [2.24, 2.45) is 0 Å². The van der Waals surface area contributed by atoms with Crippen molar-refractivity contribution in [2.75, 3.05) is 13.1 Å². The van der Waals surface area contributed by atoms with E-state index >= 15 is 0 Å². The van der Waals surface area contributed by atoms with Gasteiger partial charge in [-0.3, -0.25) is 0 Å². The average Bonchev–Trinajstić information content (AvgIpc) is 2.72. The highest BCUT2D eigenvalue weighted by Gasteiger charge is 2.31. The number of piperidine rings is 1. The van der Waals surface area contributed by atoms with E-state index in [1.165, 1.54) is 10.4 Å². The van der Waals surface area contributed by atoms with Gasteiger partial charge in [0, 0.05) is 13.1 Å². The van der Waals surface area contributed by atoms with E-state index in [9.17, 15) is 18.3 Å². The van der Waals surface area contributed by atoms with Crippen LogP contribution in [-0.2, 0) is 10.0 Å². The fourth-order valence-electron chi connectivity index (χ4n) is 2.00. The normalized spacial score (nSPS) is 18.6. The van der Waals surface area contributed by atoms with Gasteiger partial charge in [-0.2, -0.15) is 4.31 Å². The summed E-state index contributed by atoms with van der Waals surface area (Å²) in [5.74, 6) is -1.11. The highest BCUT2D eigenvalue weighted by molar-refractivity contribution is 7.91. The van der Waals surface area contributed by atoms with Gasteiger partial charge in [0.1, 0.15) is 9.09 Å². The Bertz CT molecular complexity index is 584. The molecule has 2 rings (SSSR count). The predicted molar refractivity (Wildman–Crippen MR) is 70.0 cm³/mol. The fraction of sp³-hybridized carbons (Fsp3) is 0.545. The van der Waals surface area contributed by atoms with Crippen molar-refractivity contribution >= 4 is 27.3 Å². The Morgan fingerprint density at radius 1 is 1.42 bits per heavy atom. The summed E-state index contributed by atoms with van der Waals surface area (Å²) < 4.78 is 26.0. The summed E-state index contributed by atoms with van der Waals surface area (Å²) in [4.78, 5) is 11.0. The minimum absolute atomic E-state index is 0.0515. The molecule has 0 amide bonds. The van der Waals surface area contributed by atoms with Crippen LogP contribution in [0.2, 0.25) is 0 Å². The van der Waals surface area contributed by atoms with Crippen LogP contribution in [0, 0.1) is 6.92 Å². The molecule has 0 bridgehead atoms. The van der Waals surface area contributed by atoms with E-state index in [0.717, 1.165) is 11.3 Å². The fourth-order valence-corrected chi connectivity index (χ4v) is 5.01. The van der Waals surface area contributed by atoms with E-state index in [1.807, 2.05) is 0 Å². The van der Waals surface area contributed by atoms with Crippen LogP contribution >= 0.6 is 11.3 Å². The summed E-state index contributed by atoms with van der Waals surface area (Å²) in [6.07, 6.45) is 0.371. The van der Waals surface area contributed by atoms with Crippen molar-refractivity contribution < 1.29 is 23.4 Å². The van der Waals surface area contributed by atoms with Gasteiger partial charge in [-0.05, 0) is 31.4 Å². The molecule has 106 valence electrons. The van der Waals surface area contributed by atoms with Gasteiger partial charge in [0.25, 0.3) is 10.0 Å². The van der Waals surface area contributed by atoms with Gasteiger partial charge in [0.15, 0.2) is 0 Å². The van der Waals surface area contributed by atoms with Crippen LogP contribution in [0.3, 0.4) is 0 Å². The number of rotatable bonds is 3. The maximum absolute atomic E-state index is 12.3. The topological polar surface area (TPSA) is 94.9 Å². The molecule has 1 aliphatic heterocycles. The first-order valence-corrected chi connectivity index (χ1v) is 8.10. The van der Waals surface area contributed by atoms with Crippen molar-refractivity contribution in [3.8, 4) is 0 Å². The second-order valence-corrected chi connectivity index (χ2v) is 7.73. The summed E-state index contributed by atoms with van der Waals surface area (Å²) in [5, 5.41) is 18.3. The number of hydrogen-bond acceptors (Lipinski definition) is 5. The highest BCUT2D eigenvalue weighted by Crippen LogP contribution is 2.29. The maximum atomic E-state index is 12.3. The third-order valence-electron chi connectivity index (χ3n) is 3.11. The standard InChI is InChI=1S/C11H15NO5S2/c1-7-6-9(18-10(7)11(14)15)19(16,17)12-4-2-8(13)3-5-12/h6,8,13H,2-5H2,1H3,(H,14,15). The molecule has 0 saturated carbocycles. The predicted octanol–water partition coefficient (Wildman–Crippen LogP) is 0.900. The SMILES string of the molecule is Cc1cc(S(=O)(=O)N2CCC(O)CC2)sc1C(=O)O. The Morgan fingerprint density at radius 2 is 2.00 bits per heavy atom. The van der Waals surface area contributed by atoms with Crippen molar-refractivity contribution in [3.05, 3.63) is 16.5 Å². The van der Waals surface area contributed by atoms with E-state index in [0.29, 0.717) is 18.4 Å². The number of carboxylic acid groups (broad SMARTS) is 1. The lowest BCUT2D eigenvalue weighted by molar-refractivity contribution is 0.0701. The number of aromatic carboxylic acids is 1. The molecule has 2 heterocycles. The van der Waals surface area contributed by atoms with E-state index < -0.39 is 22.1 Å². The van der Waals surface area contributed by atoms with Gasteiger partial charge < -0.3 is 10.2 Å². The third kappa shape index (κ3) is 2.81. The molecular formula is C11H15NO5S2. The molecule has 0 aliphatic carbocycles. The van der Waals surface area contributed by atoms with Gasteiger partial charge >= 0.3 is 5.97 Å². The van der Waals surface area contributed by atoms with Crippen LogP contribution in [0.4, 0.5) is 0 Å². The molecule has 1 aromatic heterocycles. The Kier molecular flexibility index (Phi) is 3.95. The Labute approximate surface area is 115 Å². The summed E-state index contributed by atoms with van der Waals surface area (Å²) in [6.45, 7) is 2.12. The van der Waals surface area contributed by atoms with E-state index in [1.54, 1.807) is 6.92 Å². The molecule has 0 radical (unpaired) electrons. The van der Waals surface area contributed by atoms with Gasteiger partial charge in [-0.15, -0.1) is 11.3 Å². The Morgan fingerprint density at radius 3 is 2.47 bits per heavy atom. The Hall–Kier alpha value is -0.960. The van der Waals surface area contributed by atoms with Crippen molar-refractivity contribution in [2.45, 2.75) is 30.1 Å². The van der Waals surface area contributed by atoms with Crippen LogP contribution in [0.15, 0.2) is 10.3 Å². The zero-order valence-corrected chi connectivity index (χ0v) is 12.0. The Balaban J connectivity index is 2.29. The highest BCUT2D eigenvalue weighted by atomic mass is 32.2. The first kappa shape index (κ1) is 14.4. The van der Waals surface area contributed by atoms with Crippen LogP contribution < -0.4 is 0 Å². The molecule has 1 fully saturated rings. The number of carboxylic acids is 1. The summed E-state index contributed by atoms with van der Waals surface area (Å²) in [7, 11) is -3.64. The number of aryl methyl sites for hydroxylation is 1. The van der Waals surface area contributed by atoms with Gasteiger partial charge in [0.05, 0.1) is 6.10 Å². The van der Waals surface area contributed by atoms with Crippen molar-refractivity contribution in [1.29, 1.82) is 0 Å².